The van der Waals surface area contributed by atoms with E-state index in [9.17, 15) is 5.11 Å². The predicted octanol–water partition coefficient (Wildman–Crippen LogP) is 2.19. The van der Waals surface area contributed by atoms with Crippen LogP contribution in [-0.2, 0) is 0 Å². The lowest BCUT2D eigenvalue weighted by Crippen LogP contribution is -2.15. The second-order valence-corrected chi connectivity index (χ2v) is 5.14. The fourth-order valence-corrected chi connectivity index (χ4v) is 3.11. The van der Waals surface area contributed by atoms with Gasteiger partial charge in [0.1, 0.15) is 0 Å². The van der Waals surface area contributed by atoms with Crippen LogP contribution in [0.4, 0.5) is 0 Å². The Kier molecular flexibility index (Phi) is 1.54. The molecule has 2 rings (SSSR count). The molecule has 64 valence electrons. The van der Waals surface area contributed by atoms with E-state index in [1.54, 1.807) is 0 Å². The highest BCUT2D eigenvalue weighted by atomic mass is 16.3. The summed E-state index contributed by atoms with van der Waals surface area (Å²) in [5.74, 6) is 1.49. The Morgan fingerprint density at radius 2 is 1.91 bits per heavy atom. The zero-order valence-electron chi connectivity index (χ0n) is 7.51. The van der Waals surface area contributed by atoms with E-state index in [0.29, 0.717) is 11.3 Å². The van der Waals surface area contributed by atoms with Crippen molar-refractivity contribution < 1.29 is 5.11 Å². The fourth-order valence-electron chi connectivity index (χ4n) is 3.11. The minimum Gasteiger partial charge on any atom is -0.393 e. The van der Waals surface area contributed by atoms with Crippen LogP contribution in [0.5, 0.6) is 0 Å². The molecule has 0 heterocycles. The molecule has 0 radical (unpaired) electrons. The second-order valence-electron chi connectivity index (χ2n) is 5.14. The van der Waals surface area contributed by atoms with Gasteiger partial charge in [-0.3, -0.25) is 0 Å². The van der Waals surface area contributed by atoms with Crippen molar-refractivity contribution in [1.82, 2.24) is 0 Å². The highest BCUT2D eigenvalue weighted by Gasteiger charge is 2.45. The van der Waals surface area contributed by atoms with Crippen LogP contribution in [-0.4, -0.2) is 11.2 Å². The van der Waals surface area contributed by atoms with E-state index >= 15 is 0 Å². The van der Waals surface area contributed by atoms with Crippen molar-refractivity contribution in [3.8, 4) is 0 Å². The van der Waals surface area contributed by atoms with Gasteiger partial charge in [0, 0.05) is 0 Å². The molecule has 0 unspecified atom stereocenters. The Balaban J connectivity index is 2.10. The molecule has 0 aliphatic heterocycles. The number of rotatable bonds is 0. The number of aliphatic hydroxyl groups is 1. The van der Waals surface area contributed by atoms with E-state index in [2.05, 4.69) is 13.8 Å². The third-order valence-electron chi connectivity index (χ3n) is 3.54. The first kappa shape index (κ1) is 7.60. The molecular formula is C10H18O. The normalized spacial score (nSPS) is 47.7. The zero-order valence-corrected chi connectivity index (χ0v) is 7.51. The summed E-state index contributed by atoms with van der Waals surface area (Å²) in [7, 11) is 0. The largest absolute Gasteiger partial charge is 0.393 e. The van der Waals surface area contributed by atoms with Gasteiger partial charge >= 0.3 is 0 Å². The van der Waals surface area contributed by atoms with Gasteiger partial charge < -0.3 is 5.11 Å². The molecule has 11 heavy (non-hydrogen) atoms. The third kappa shape index (κ3) is 1.20. The Hall–Kier alpha value is -0.0400. The molecule has 2 fully saturated rings. The van der Waals surface area contributed by atoms with E-state index in [1.165, 1.54) is 19.3 Å². The number of fused-ring (bicyclic) bond motifs is 1. The molecule has 3 atom stereocenters. The van der Waals surface area contributed by atoms with Crippen LogP contribution in [0.2, 0.25) is 0 Å². The number of hydrogen-bond donors (Lipinski definition) is 1. The minimum absolute atomic E-state index is 0.0294. The number of aliphatic hydroxyl groups excluding tert-OH is 1. The van der Waals surface area contributed by atoms with Gasteiger partial charge in [0.2, 0.25) is 0 Å². The van der Waals surface area contributed by atoms with Crippen LogP contribution in [0.15, 0.2) is 0 Å². The van der Waals surface area contributed by atoms with Crippen molar-refractivity contribution in [1.29, 1.82) is 0 Å². The van der Waals surface area contributed by atoms with Gasteiger partial charge in [-0.15, -0.1) is 0 Å². The Labute approximate surface area is 68.8 Å². The molecule has 0 aromatic carbocycles. The van der Waals surface area contributed by atoms with Crippen molar-refractivity contribution in [2.75, 3.05) is 0 Å². The van der Waals surface area contributed by atoms with Gasteiger partial charge in [0.15, 0.2) is 0 Å². The maximum atomic E-state index is 9.63. The predicted molar refractivity (Wildman–Crippen MR) is 45.2 cm³/mol. The summed E-state index contributed by atoms with van der Waals surface area (Å²) in [5.41, 5.74) is 0.511. The molecule has 0 aromatic rings. The van der Waals surface area contributed by atoms with Gasteiger partial charge in [-0.1, -0.05) is 13.8 Å². The van der Waals surface area contributed by atoms with E-state index in [0.717, 1.165) is 12.3 Å². The Morgan fingerprint density at radius 1 is 1.18 bits per heavy atom. The van der Waals surface area contributed by atoms with E-state index < -0.39 is 0 Å². The second kappa shape index (κ2) is 2.22. The molecule has 0 aromatic heterocycles. The molecule has 0 amide bonds. The minimum atomic E-state index is 0.0294. The highest BCUT2D eigenvalue weighted by Crippen LogP contribution is 2.52. The van der Waals surface area contributed by atoms with Crippen molar-refractivity contribution in [2.24, 2.45) is 17.3 Å². The summed E-state index contributed by atoms with van der Waals surface area (Å²) in [5, 5.41) is 9.63. The molecule has 2 aliphatic carbocycles. The first-order valence-corrected chi connectivity index (χ1v) is 4.76. The maximum Gasteiger partial charge on any atom is 0.0571 e. The first-order valence-electron chi connectivity index (χ1n) is 4.76. The van der Waals surface area contributed by atoms with Crippen LogP contribution in [0.25, 0.3) is 0 Å². The fraction of sp³-hybridized carbons (Fsp3) is 1.00. The van der Waals surface area contributed by atoms with Gasteiger partial charge in [0.05, 0.1) is 6.10 Å². The lowest BCUT2D eigenvalue weighted by atomic mass is 9.88. The maximum absolute atomic E-state index is 9.63. The SMILES string of the molecule is CC1(C)C[C@@H]2CC[C@H](O)[C@@H]2C1. The summed E-state index contributed by atoms with van der Waals surface area (Å²) in [4.78, 5) is 0. The van der Waals surface area contributed by atoms with E-state index in [1.807, 2.05) is 0 Å². The van der Waals surface area contributed by atoms with Crippen molar-refractivity contribution in [3.05, 3.63) is 0 Å². The van der Waals surface area contributed by atoms with E-state index in [-0.39, 0.29) is 6.10 Å². The number of hydrogen-bond acceptors (Lipinski definition) is 1. The van der Waals surface area contributed by atoms with Gasteiger partial charge in [-0.2, -0.15) is 0 Å². The Morgan fingerprint density at radius 3 is 2.55 bits per heavy atom. The molecule has 1 N–H and O–H groups in total. The van der Waals surface area contributed by atoms with Crippen LogP contribution >= 0.6 is 0 Å². The van der Waals surface area contributed by atoms with Gasteiger partial charge in [-0.05, 0) is 42.9 Å². The molecule has 2 saturated carbocycles. The molecule has 0 saturated heterocycles. The monoisotopic (exact) mass is 154 g/mol. The lowest BCUT2D eigenvalue weighted by Gasteiger charge is -2.18. The topological polar surface area (TPSA) is 20.2 Å². The molecule has 0 spiro atoms. The van der Waals surface area contributed by atoms with Crippen LogP contribution in [0.3, 0.4) is 0 Å². The molecule has 2 aliphatic rings. The summed E-state index contributed by atoms with van der Waals surface area (Å²) >= 11 is 0. The van der Waals surface area contributed by atoms with Crippen molar-refractivity contribution in [3.63, 3.8) is 0 Å². The average Bonchev–Trinajstić information content (AvgIpc) is 2.31. The summed E-state index contributed by atoms with van der Waals surface area (Å²) < 4.78 is 0. The van der Waals surface area contributed by atoms with Gasteiger partial charge in [0.25, 0.3) is 0 Å². The summed E-state index contributed by atoms with van der Waals surface area (Å²) in [6, 6.07) is 0. The molecule has 1 nitrogen and oxygen atoms in total. The molecular weight excluding hydrogens is 136 g/mol. The smallest absolute Gasteiger partial charge is 0.0571 e. The van der Waals surface area contributed by atoms with Crippen molar-refractivity contribution >= 4 is 0 Å². The van der Waals surface area contributed by atoms with Crippen LogP contribution < -0.4 is 0 Å². The van der Waals surface area contributed by atoms with Gasteiger partial charge in [-0.25, -0.2) is 0 Å². The summed E-state index contributed by atoms with van der Waals surface area (Å²) in [6.07, 6.45) is 4.95. The first-order chi connectivity index (χ1) is 5.08. The standard InChI is InChI=1S/C10H18O/c1-10(2)5-7-3-4-9(11)8(7)6-10/h7-9,11H,3-6H2,1-2H3/t7-,8+,9-/m0/s1. The zero-order chi connectivity index (χ0) is 8.06. The quantitative estimate of drug-likeness (QED) is 0.567. The molecule has 1 heteroatoms. The lowest BCUT2D eigenvalue weighted by molar-refractivity contribution is 0.119. The third-order valence-corrected chi connectivity index (χ3v) is 3.54. The van der Waals surface area contributed by atoms with Crippen LogP contribution in [0.1, 0.15) is 39.5 Å². The van der Waals surface area contributed by atoms with E-state index in [4.69, 9.17) is 0 Å². The highest BCUT2D eigenvalue weighted by molar-refractivity contribution is 4.96. The molecule has 0 bridgehead atoms. The average molecular weight is 154 g/mol. The summed E-state index contributed by atoms with van der Waals surface area (Å²) in [6.45, 7) is 4.66. The Bertz CT molecular complexity index is 162. The van der Waals surface area contributed by atoms with Crippen LogP contribution in [0, 0.1) is 17.3 Å². The van der Waals surface area contributed by atoms with Crippen molar-refractivity contribution in [2.45, 2.75) is 45.6 Å².